The van der Waals surface area contributed by atoms with E-state index < -0.39 is 11.9 Å². The quantitative estimate of drug-likeness (QED) is 0.682. The summed E-state index contributed by atoms with van der Waals surface area (Å²) < 4.78 is 0. The van der Waals surface area contributed by atoms with Gasteiger partial charge in [0.1, 0.15) is 5.56 Å². The number of amides is 1. The molecule has 0 fully saturated rings. The van der Waals surface area contributed by atoms with Gasteiger partial charge in [-0.3, -0.25) is 4.79 Å². The van der Waals surface area contributed by atoms with Gasteiger partial charge in [-0.05, 0) is 24.6 Å². The standard InChI is InChI=1S/C14H14N2O4/c1-8-12(14(19)20)11(6-15-8)16-13(18)10-4-2-9(7-17)3-5-10/h2-6,15,17H,7H2,1H3,(H,16,18)(H,19,20). The molecule has 104 valence electrons. The van der Waals surface area contributed by atoms with Gasteiger partial charge in [0, 0.05) is 17.5 Å². The van der Waals surface area contributed by atoms with Crippen LogP contribution >= 0.6 is 0 Å². The zero-order valence-corrected chi connectivity index (χ0v) is 10.8. The van der Waals surface area contributed by atoms with E-state index >= 15 is 0 Å². The molecule has 6 heteroatoms. The molecule has 6 nitrogen and oxygen atoms in total. The van der Waals surface area contributed by atoms with Crippen LogP contribution in [0.4, 0.5) is 5.69 Å². The summed E-state index contributed by atoms with van der Waals surface area (Å²) in [4.78, 5) is 25.9. The largest absolute Gasteiger partial charge is 0.478 e. The van der Waals surface area contributed by atoms with Gasteiger partial charge < -0.3 is 20.5 Å². The van der Waals surface area contributed by atoms with Crippen LogP contribution in [-0.4, -0.2) is 27.1 Å². The van der Waals surface area contributed by atoms with Gasteiger partial charge in [-0.2, -0.15) is 0 Å². The van der Waals surface area contributed by atoms with Gasteiger partial charge in [-0.25, -0.2) is 4.79 Å². The molecule has 1 aromatic carbocycles. The van der Waals surface area contributed by atoms with Gasteiger partial charge in [0.05, 0.1) is 12.3 Å². The molecule has 0 aliphatic rings. The van der Waals surface area contributed by atoms with Crippen molar-refractivity contribution in [1.82, 2.24) is 4.98 Å². The monoisotopic (exact) mass is 274 g/mol. The van der Waals surface area contributed by atoms with E-state index in [2.05, 4.69) is 10.3 Å². The Labute approximate surface area is 115 Å². The Kier molecular flexibility index (Phi) is 3.86. The maximum absolute atomic E-state index is 12.0. The first-order chi connectivity index (χ1) is 9.52. The zero-order chi connectivity index (χ0) is 14.7. The topological polar surface area (TPSA) is 102 Å². The summed E-state index contributed by atoms with van der Waals surface area (Å²) in [6, 6.07) is 6.41. The number of H-pyrrole nitrogens is 1. The molecule has 0 aliphatic carbocycles. The maximum atomic E-state index is 12.0. The van der Waals surface area contributed by atoms with Crippen LogP contribution in [0, 0.1) is 6.92 Å². The Balaban J connectivity index is 2.21. The number of aliphatic hydroxyl groups is 1. The number of nitrogens with one attached hydrogen (secondary N) is 2. The van der Waals surface area contributed by atoms with E-state index in [-0.39, 0.29) is 17.9 Å². The number of benzene rings is 1. The molecule has 1 heterocycles. The molecule has 0 spiro atoms. The van der Waals surface area contributed by atoms with Gasteiger partial charge in [0.2, 0.25) is 0 Å². The lowest BCUT2D eigenvalue weighted by Crippen LogP contribution is -2.14. The number of aromatic carboxylic acids is 1. The summed E-state index contributed by atoms with van der Waals surface area (Å²) in [7, 11) is 0. The van der Waals surface area contributed by atoms with E-state index in [1.807, 2.05) is 0 Å². The third-order valence-electron chi connectivity index (χ3n) is 2.94. The Morgan fingerprint density at radius 2 is 1.90 bits per heavy atom. The average Bonchev–Trinajstić information content (AvgIpc) is 2.79. The molecule has 0 radical (unpaired) electrons. The summed E-state index contributed by atoms with van der Waals surface area (Å²) in [6.07, 6.45) is 1.44. The molecule has 2 aromatic rings. The summed E-state index contributed by atoms with van der Waals surface area (Å²) in [5.41, 5.74) is 1.84. The summed E-state index contributed by atoms with van der Waals surface area (Å²) in [5, 5.41) is 20.6. The van der Waals surface area contributed by atoms with Crippen molar-refractivity contribution in [2.45, 2.75) is 13.5 Å². The number of rotatable bonds is 4. The number of aryl methyl sites for hydroxylation is 1. The van der Waals surface area contributed by atoms with Gasteiger partial charge in [0.15, 0.2) is 0 Å². The van der Waals surface area contributed by atoms with Gasteiger partial charge >= 0.3 is 5.97 Å². The molecular formula is C14H14N2O4. The van der Waals surface area contributed by atoms with Gasteiger partial charge in [-0.1, -0.05) is 12.1 Å². The minimum Gasteiger partial charge on any atom is -0.478 e. The van der Waals surface area contributed by atoms with E-state index in [4.69, 9.17) is 10.2 Å². The van der Waals surface area contributed by atoms with Crippen molar-refractivity contribution in [2.24, 2.45) is 0 Å². The van der Waals surface area contributed by atoms with Gasteiger partial charge in [0.25, 0.3) is 5.91 Å². The number of hydrogen-bond donors (Lipinski definition) is 4. The second-order valence-electron chi connectivity index (χ2n) is 4.32. The Hall–Kier alpha value is -2.60. The normalized spacial score (nSPS) is 10.3. The highest BCUT2D eigenvalue weighted by molar-refractivity contribution is 6.08. The number of carboxylic acid groups (broad SMARTS) is 1. The molecule has 0 unspecified atom stereocenters. The Bertz CT molecular complexity index is 644. The Morgan fingerprint density at radius 3 is 2.45 bits per heavy atom. The molecule has 2 rings (SSSR count). The molecule has 0 aliphatic heterocycles. The number of anilines is 1. The van der Waals surface area contributed by atoms with Crippen LogP contribution < -0.4 is 5.32 Å². The molecule has 0 saturated carbocycles. The lowest BCUT2D eigenvalue weighted by molar-refractivity contribution is 0.0697. The highest BCUT2D eigenvalue weighted by atomic mass is 16.4. The fourth-order valence-corrected chi connectivity index (χ4v) is 1.86. The third kappa shape index (κ3) is 2.70. The predicted molar refractivity (Wildman–Crippen MR) is 72.8 cm³/mol. The Morgan fingerprint density at radius 1 is 1.25 bits per heavy atom. The van der Waals surface area contributed by atoms with Crippen LogP contribution in [0.15, 0.2) is 30.5 Å². The number of hydrogen-bond acceptors (Lipinski definition) is 3. The number of aromatic nitrogens is 1. The van der Waals surface area contributed by atoms with Crippen molar-refractivity contribution in [2.75, 3.05) is 5.32 Å². The molecular weight excluding hydrogens is 260 g/mol. The van der Waals surface area contributed by atoms with Crippen molar-refractivity contribution in [3.05, 3.63) is 52.8 Å². The molecule has 1 amide bonds. The SMILES string of the molecule is Cc1[nH]cc(NC(=O)c2ccc(CO)cc2)c1C(=O)O. The minimum absolute atomic E-state index is 0.0466. The maximum Gasteiger partial charge on any atom is 0.339 e. The van der Waals surface area contributed by atoms with Crippen molar-refractivity contribution in [3.63, 3.8) is 0 Å². The van der Waals surface area contributed by atoms with E-state index in [0.717, 1.165) is 0 Å². The van der Waals surface area contributed by atoms with Crippen LogP contribution in [0.2, 0.25) is 0 Å². The fourth-order valence-electron chi connectivity index (χ4n) is 1.86. The van der Waals surface area contributed by atoms with E-state index in [0.29, 0.717) is 16.8 Å². The van der Waals surface area contributed by atoms with E-state index in [1.165, 1.54) is 6.20 Å². The van der Waals surface area contributed by atoms with Crippen molar-refractivity contribution < 1.29 is 19.8 Å². The summed E-state index contributed by atoms with van der Waals surface area (Å²) in [6.45, 7) is 1.53. The fraction of sp³-hybridized carbons (Fsp3) is 0.143. The minimum atomic E-state index is -1.10. The predicted octanol–water partition coefficient (Wildman–Crippen LogP) is 1.77. The van der Waals surface area contributed by atoms with Crippen molar-refractivity contribution in [1.29, 1.82) is 0 Å². The molecule has 1 aromatic heterocycles. The van der Waals surface area contributed by atoms with Crippen molar-refractivity contribution >= 4 is 17.6 Å². The van der Waals surface area contributed by atoms with Crippen LogP contribution in [0.25, 0.3) is 0 Å². The second kappa shape index (κ2) is 5.58. The number of carbonyl (C=O) groups excluding carboxylic acids is 1. The molecule has 0 bridgehead atoms. The first kappa shape index (κ1) is 13.8. The first-order valence-corrected chi connectivity index (χ1v) is 5.95. The third-order valence-corrected chi connectivity index (χ3v) is 2.94. The highest BCUT2D eigenvalue weighted by Gasteiger charge is 2.17. The summed E-state index contributed by atoms with van der Waals surface area (Å²) >= 11 is 0. The van der Waals surface area contributed by atoms with Crippen LogP contribution in [0.1, 0.15) is 32.0 Å². The molecule has 4 N–H and O–H groups in total. The highest BCUT2D eigenvalue weighted by Crippen LogP contribution is 2.20. The zero-order valence-electron chi connectivity index (χ0n) is 10.8. The van der Waals surface area contributed by atoms with Crippen LogP contribution in [0.3, 0.4) is 0 Å². The smallest absolute Gasteiger partial charge is 0.339 e. The van der Waals surface area contributed by atoms with Gasteiger partial charge in [-0.15, -0.1) is 0 Å². The number of aromatic amines is 1. The molecule has 0 saturated heterocycles. The lowest BCUT2D eigenvalue weighted by atomic mass is 10.1. The first-order valence-electron chi connectivity index (χ1n) is 5.95. The van der Waals surface area contributed by atoms with Crippen molar-refractivity contribution in [3.8, 4) is 0 Å². The van der Waals surface area contributed by atoms with E-state index in [9.17, 15) is 9.59 Å². The lowest BCUT2D eigenvalue weighted by Gasteiger charge is -2.05. The van der Waals surface area contributed by atoms with Crippen LogP contribution in [0.5, 0.6) is 0 Å². The second-order valence-corrected chi connectivity index (χ2v) is 4.32. The van der Waals surface area contributed by atoms with Crippen LogP contribution in [-0.2, 0) is 6.61 Å². The van der Waals surface area contributed by atoms with E-state index in [1.54, 1.807) is 31.2 Å². The average molecular weight is 274 g/mol. The number of carbonyl (C=O) groups is 2. The number of carboxylic acids is 1. The molecule has 20 heavy (non-hydrogen) atoms. The number of aliphatic hydroxyl groups excluding tert-OH is 1. The molecule has 0 atom stereocenters. The summed E-state index contributed by atoms with van der Waals surface area (Å²) in [5.74, 6) is -1.51.